The highest BCUT2D eigenvalue weighted by Crippen LogP contribution is 2.24. The van der Waals surface area contributed by atoms with E-state index in [0.717, 1.165) is 18.6 Å². The largest absolute Gasteiger partial charge is 0.491 e. The topological polar surface area (TPSA) is 47.6 Å². The van der Waals surface area contributed by atoms with Crippen LogP contribution in [-0.4, -0.2) is 24.7 Å². The van der Waals surface area contributed by atoms with Gasteiger partial charge in [0.05, 0.1) is 6.10 Å². The Balaban J connectivity index is 1.75. The van der Waals surface area contributed by atoms with Crippen LogP contribution in [0.15, 0.2) is 48.5 Å². The number of carbonyl (C=O) groups excluding carboxylic acids is 1. The Hall–Kier alpha value is -2.49. The number of benzene rings is 2. The summed E-state index contributed by atoms with van der Waals surface area (Å²) in [6.07, 6.45) is 1.39. The first-order valence-electron chi connectivity index (χ1n) is 10.5. The van der Waals surface area contributed by atoms with E-state index in [4.69, 9.17) is 9.47 Å². The summed E-state index contributed by atoms with van der Waals surface area (Å²) in [7, 11) is 0. The maximum absolute atomic E-state index is 12.3. The molecule has 0 aliphatic carbocycles. The molecule has 29 heavy (non-hydrogen) atoms. The summed E-state index contributed by atoms with van der Waals surface area (Å²) in [5, 5.41) is 2.96. The lowest BCUT2D eigenvalue weighted by Gasteiger charge is -2.20. The van der Waals surface area contributed by atoms with Gasteiger partial charge in [0, 0.05) is 6.54 Å². The molecule has 2 rings (SSSR count). The zero-order chi connectivity index (χ0) is 21.4. The molecule has 0 radical (unpaired) electrons. The van der Waals surface area contributed by atoms with E-state index in [1.807, 2.05) is 38.1 Å². The third kappa shape index (κ3) is 7.80. The minimum atomic E-state index is -0.529. The average molecular weight is 398 g/mol. The molecule has 2 aromatic carbocycles. The van der Waals surface area contributed by atoms with E-state index < -0.39 is 6.10 Å². The van der Waals surface area contributed by atoms with Crippen LogP contribution in [0.25, 0.3) is 0 Å². The van der Waals surface area contributed by atoms with Crippen molar-refractivity contribution in [3.8, 4) is 11.5 Å². The SMILES string of the molecule is CC(C)Oc1cccc(CCCNC(=O)[C@@H](C)Oc2ccc(C(C)(C)C)cc2)c1. The fourth-order valence-electron chi connectivity index (χ4n) is 2.99. The summed E-state index contributed by atoms with van der Waals surface area (Å²) in [5.74, 6) is 1.51. The Morgan fingerprint density at radius 2 is 1.66 bits per heavy atom. The number of aryl methyl sites for hydroxylation is 1. The van der Waals surface area contributed by atoms with Crippen LogP contribution in [0.5, 0.6) is 11.5 Å². The third-order valence-electron chi connectivity index (χ3n) is 4.61. The first-order valence-corrected chi connectivity index (χ1v) is 10.5. The van der Waals surface area contributed by atoms with E-state index in [2.05, 4.69) is 50.4 Å². The van der Waals surface area contributed by atoms with Crippen molar-refractivity contribution in [3.63, 3.8) is 0 Å². The van der Waals surface area contributed by atoms with Crippen molar-refractivity contribution in [3.05, 3.63) is 59.7 Å². The van der Waals surface area contributed by atoms with E-state index in [1.165, 1.54) is 11.1 Å². The lowest BCUT2D eigenvalue weighted by molar-refractivity contribution is -0.127. The van der Waals surface area contributed by atoms with Gasteiger partial charge < -0.3 is 14.8 Å². The van der Waals surface area contributed by atoms with Crippen LogP contribution < -0.4 is 14.8 Å². The van der Waals surface area contributed by atoms with Gasteiger partial charge in [-0.25, -0.2) is 0 Å². The summed E-state index contributed by atoms with van der Waals surface area (Å²) in [6, 6.07) is 16.1. The molecule has 2 aromatic rings. The summed E-state index contributed by atoms with van der Waals surface area (Å²) in [5.41, 5.74) is 2.55. The minimum Gasteiger partial charge on any atom is -0.491 e. The molecule has 1 atom stereocenters. The first-order chi connectivity index (χ1) is 13.6. The van der Waals surface area contributed by atoms with Crippen molar-refractivity contribution < 1.29 is 14.3 Å². The fourth-order valence-corrected chi connectivity index (χ4v) is 2.99. The van der Waals surface area contributed by atoms with Gasteiger partial charge in [-0.1, -0.05) is 45.0 Å². The zero-order valence-corrected chi connectivity index (χ0v) is 18.6. The Bertz CT molecular complexity index is 775. The number of hydrogen-bond donors (Lipinski definition) is 1. The number of carbonyl (C=O) groups is 1. The molecule has 4 nitrogen and oxygen atoms in total. The molecule has 0 aliphatic rings. The molecule has 4 heteroatoms. The van der Waals surface area contributed by atoms with Crippen molar-refractivity contribution >= 4 is 5.91 Å². The van der Waals surface area contributed by atoms with E-state index in [0.29, 0.717) is 12.3 Å². The van der Waals surface area contributed by atoms with E-state index >= 15 is 0 Å². The third-order valence-corrected chi connectivity index (χ3v) is 4.61. The van der Waals surface area contributed by atoms with Gasteiger partial charge in [0.25, 0.3) is 5.91 Å². The second-order valence-corrected chi connectivity index (χ2v) is 8.74. The molecular formula is C25H35NO3. The molecule has 1 amide bonds. The Morgan fingerprint density at radius 3 is 2.28 bits per heavy atom. The Morgan fingerprint density at radius 1 is 0.966 bits per heavy atom. The van der Waals surface area contributed by atoms with Gasteiger partial charge in [-0.05, 0) is 74.4 Å². The number of rotatable bonds is 9. The van der Waals surface area contributed by atoms with Crippen LogP contribution in [0.2, 0.25) is 0 Å². The molecule has 0 heterocycles. The molecule has 0 spiro atoms. The quantitative estimate of drug-likeness (QED) is 0.585. The molecule has 0 unspecified atom stereocenters. The summed E-state index contributed by atoms with van der Waals surface area (Å²) in [4.78, 5) is 12.3. The van der Waals surface area contributed by atoms with E-state index in [1.54, 1.807) is 6.92 Å². The number of nitrogens with one attached hydrogen (secondary N) is 1. The van der Waals surface area contributed by atoms with Gasteiger partial charge in [-0.3, -0.25) is 4.79 Å². The van der Waals surface area contributed by atoms with Gasteiger partial charge in [0.2, 0.25) is 0 Å². The molecule has 0 fully saturated rings. The van der Waals surface area contributed by atoms with Gasteiger partial charge >= 0.3 is 0 Å². The first kappa shape index (κ1) is 22.8. The van der Waals surface area contributed by atoms with Gasteiger partial charge in [-0.2, -0.15) is 0 Å². The van der Waals surface area contributed by atoms with Crippen LogP contribution in [0.4, 0.5) is 0 Å². The zero-order valence-electron chi connectivity index (χ0n) is 18.6. The summed E-state index contributed by atoms with van der Waals surface area (Å²) >= 11 is 0. The highest BCUT2D eigenvalue weighted by molar-refractivity contribution is 5.80. The lowest BCUT2D eigenvalue weighted by Crippen LogP contribution is -2.36. The molecule has 0 aromatic heterocycles. The summed E-state index contributed by atoms with van der Waals surface area (Å²) in [6.45, 7) is 12.9. The highest BCUT2D eigenvalue weighted by atomic mass is 16.5. The van der Waals surface area contributed by atoms with Crippen molar-refractivity contribution in [1.82, 2.24) is 5.32 Å². The fraction of sp³-hybridized carbons (Fsp3) is 0.480. The molecule has 0 saturated carbocycles. The van der Waals surface area contributed by atoms with Crippen LogP contribution in [0.3, 0.4) is 0 Å². The molecule has 158 valence electrons. The summed E-state index contributed by atoms with van der Waals surface area (Å²) < 4.78 is 11.5. The van der Waals surface area contributed by atoms with Gasteiger partial charge in [-0.15, -0.1) is 0 Å². The molecule has 0 bridgehead atoms. The standard InChI is InChI=1S/C25H35NO3/c1-18(2)28-23-11-7-9-20(17-23)10-8-16-26-24(27)19(3)29-22-14-12-21(13-15-22)25(4,5)6/h7,9,11-15,17-19H,8,10,16H2,1-6H3,(H,26,27)/t19-/m1/s1. The van der Waals surface area contributed by atoms with Crippen molar-refractivity contribution in [1.29, 1.82) is 0 Å². The minimum absolute atomic E-state index is 0.0956. The Kier molecular flexibility index (Phi) is 8.12. The predicted molar refractivity (Wildman–Crippen MR) is 119 cm³/mol. The normalized spacial score (nSPS) is 12.5. The molecule has 1 N–H and O–H groups in total. The Labute approximate surface area is 175 Å². The molecule has 0 saturated heterocycles. The maximum atomic E-state index is 12.3. The second kappa shape index (κ2) is 10.3. The van der Waals surface area contributed by atoms with Crippen LogP contribution in [0, 0.1) is 0 Å². The maximum Gasteiger partial charge on any atom is 0.260 e. The van der Waals surface area contributed by atoms with Crippen LogP contribution in [-0.2, 0) is 16.6 Å². The van der Waals surface area contributed by atoms with Gasteiger partial charge in [0.15, 0.2) is 6.10 Å². The predicted octanol–water partition coefficient (Wildman–Crippen LogP) is 5.29. The van der Waals surface area contributed by atoms with Crippen LogP contribution >= 0.6 is 0 Å². The van der Waals surface area contributed by atoms with Gasteiger partial charge in [0.1, 0.15) is 11.5 Å². The number of hydrogen-bond acceptors (Lipinski definition) is 3. The second-order valence-electron chi connectivity index (χ2n) is 8.74. The lowest BCUT2D eigenvalue weighted by atomic mass is 9.87. The van der Waals surface area contributed by atoms with Crippen molar-refractivity contribution in [2.24, 2.45) is 0 Å². The van der Waals surface area contributed by atoms with Crippen molar-refractivity contribution in [2.45, 2.75) is 72.0 Å². The highest BCUT2D eigenvalue weighted by Gasteiger charge is 2.16. The molecule has 0 aliphatic heterocycles. The number of ether oxygens (including phenoxy) is 2. The monoisotopic (exact) mass is 397 g/mol. The van der Waals surface area contributed by atoms with E-state index in [-0.39, 0.29) is 17.4 Å². The average Bonchev–Trinajstić information content (AvgIpc) is 2.64. The number of amides is 1. The smallest absolute Gasteiger partial charge is 0.260 e. The van der Waals surface area contributed by atoms with Crippen molar-refractivity contribution in [2.75, 3.05) is 6.54 Å². The van der Waals surface area contributed by atoms with E-state index in [9.17, 15) is 4.79 Å². The molecular weight excluding hydrogens is 362 g/mol. The van der Waals surface area contributed by atoms with Crippen LogP contribution in [0.1, 0.15) is 59.1 Å².